The van der Waals surface area contributed by atoms with E-state index in [4.69, 9.17) is 5.73 Å². The van der Waals surface area contributed by atoms with Crippen LogP contribution in [0.2, 0.25) is 0 Å². The molecule has 4 aromatic rings. The summed E-state index contributed by atoms with van der Waals surface area (Å²) < 4.78 is 1.66. The Morgan fingerprint density at radius 3 is 2.68 bits per heavy atom. The second-order valence-electron chi connectivity index (χ2n) is 5.08. The van der Waals surface area contributed by atoms with Crippen molar-refractivity contribution in [2.75, 3.05) is 11.1 Å². The molecule has 4 N–H and O–H groups in total. The molecule has 0 unspecified atom stereocenters. The third-order valence-corrected chi connectivity index (χ3v) is 3.45. The number of aromatic nitrogens is 5. The first-order valence-corrected chi connectivity index (χ1v) is 7.19. The van der Waals surface area contributed by atoms with E-state index < -0.39 is 0 Å². The molecule has 0 saturated heterocycles. The summed E-state index contributed by atoms with van der Waals surface area (Å²) in [6, 6.07) is 14.2. The van der Waals surface area contributed by atoms with Crippen molar-refractivity contribution in [3.05, 3.63) is 54.9 Å². The fourth-order valence-corrected chi connectivity index (χ4v) is 2.42. The number of para-hydroxylation sites is 2. The van der Waals surface area contributed by atoms with Crippen molar-refractivity contribution in [3.63, 3.8) is 0 Å². The predicted molar refractivity (Wildman–Crippen MR) is 97.0 cm³/mol. The first-order chi connectivity index (χ1) is 11.7. The quantitative estimate of drug-likeness (QED) is 0.527. The van der Waals surface area contributed by atoms with Crippen LogP contribution in [0.1, 0.15) is 7.43 Å². The molecule has 0 fully saturated rings. The Balaban J connectivity index is 0.00000182. The Bertz CT molecular complexity index is 1030. The molecule has 0 atom stereocenters. The maximum atomic E-state index is 9.53. The van der Waals surface area contributed by atoms with Crippen LogP contribution in [0.4, 0.5) is 17.6 Å². The Hall–Kier alpha value is -3.68. The van der Waals surface area contributed by atoms with Crippen LogP contribution in [-0.2, 0) is 0 Å². The number of nitrogens with one attached hydrogen (secondary N) is 1. The zero-order valence-corrected chi connectivity index (χ0v) is 12.5. The molecular weight excluding hydrogens is 318 g/mol. The van der Waals surface area contributed by atoms with Crippen LogP contribution in [-0.4, -0.2) is 29.6 Å². The van der Waals surface area contributed by atoms with Crippen LogP contribution < -0.4 is 11.1 Å². The largest absolute Gasteiger partial charge is 0.508 e. The SMILES string of the molecule is C.Nc1nc2ccccc2n1-c1ncnc(Nc2cccc(O)c2)n1. The fourth-order valence-electron chi connectivity index (χ4n) is 2.42. The molecule has 0 aliphatic heterocycles. The first kappa shape index (κ1) is 16.2. The van der Waals surface area contributed by atoms with E-state index >= 15 is 0 Å². The van der Waals surface area contributed by atoms with Gasteiger partial charge < -0.3 is 16.2 Å². The van der Waals surface area contributed by atoms with E-state index in [2.05, 4.69) is 25.3 Å². The van der Waals surface area contributed by atoms with E-state index in [1.54, 1.807) is 28.8 Å². The molecule has 0 radical (unpaired) electrons. The maximum absolute atomic E-state index is 9.53. The minimum atomic E-state index is 0. The summed E-state index contributed by atoms with van der Waals surface area (Å²) in [7, 11) is 0. The number of nitrogens with zero attached hydrogens (tertiary/aromatic N) is 5. The highest BCUT2D eigenvalue weighted by molar-refractivity contribution is 5.80. The molecule has 4 rings (SSSR count). The number of nitrogens with two attached hydrogens (primary N) is 1. The summed E-state index contributed by atoms with van der Waals surface area (Å²) in [6.07, 6.45) is 1.39. The standard InChI is InChI=1S/C16H13N7O.CH4/c17-14-21-12-6-1-2-7-13(12)23(14)16-19-9-18-15(22-16)20-10-4-3-5-11(24)8-10;/h1-9,24H,(H2,17,21)(H,18,19,20,22);1H4. The molecule has 2 aromatic carbocycles. The minimum Gasteiger partial charge on any atom is -0.508 e. The highest BCUT2D eigenvalue weighted by atomic mass is 16.3. The van der Waals surface area contributed by atoms with Gasteiger partial charge in [0.25, 0.3) is 0 Å². The van der Waals surface area contributed by atoms with Crippen LogP contribution in [0.5, 0.6) is 5.75 Å². The monoisotopic (exact) mass is 335 g/mol. The molecule has 0 amide bonds. The molecule has 2 aromatic heterocycles. The summed E-state index contributed by atoms with van der Waals surface area (Å²) in [5.41, 5.74) is 8.24. The lowest BCUT2D eigenvalue weighted by atomic mass is 10.3. The van der Waals surface area contributed by atoms with Crippen LogP contribution in [0.25, 0.3) is 17.0 Å². The number of fused-ring (bicyclic) bond motifs is 1. The second-order valence-corrected chi connectivity index (χ2v) is 5.08. The average Bonchev–Trinajstić information content (AvgIpc) is 2.91. The van der Waals surface area contributed by atoms with E-state index in [0.29, 0.717) is 23.5 Å². The van der Waals surface area contributed by atoms with Gasteiger partial charge in [-0.15, -0.1) is 0 Å². The topological polar surface area (TPSA) is 115 Å². The summed E-state index contributed by atoms with van der Waals surface area (Å²) in [6.45, 7) is 0. The van der Waals surface area contributed by atoms with E-state index in [1.807, 2.05) is 24.3 Å². The van der Waals surface area contributed by atoms with E-state index in [9.17, 15) is 5.11 Å². The van der Waals surface area contributed by atoms with E-state index in [-0.39, 0.29) is 13.2 Å². The van der Waals surface area contributed by atoms with Crippen molar-refractivity contribution in [2.45, 2.75) is 7.43 Å². The van der Waals surface area contributed by atoms with Crippen LogP contribution >= 0.6 is 0 Å². The molecule has 0 saturated carbocycles. The Labute approximate surface area is 144 Å². The summed E-state index contributed by atoms with van der Waals surface area (Å²) in [5, 5.41) is 12.5. The summed E-state index contributed by atoms with van der Waals surface area (Å²) in [5.74, 6) is 1.14. The van der Waals surface area contributed by atoms with Crippen molar-refractivity contribution in [1.82, 2.24) is 24.5 Å². The van der Waals surface area contributed by atoms with Gasteiger partial charge in [-0.05, 0) is 24.3 Å². The second kappa shape index (κ2) is 6.44. The molecule has 0 spiro atoms. The normalized spacial score (nSPS) is 10.4. The number of nitrogen functional groups attached to an aromatic ring is 1. The lowest BCUT2D eigenvalue weighted by Crippen LogP contribution is -2.08. The van der Waals surface area contributed by atoms with Gasteiger partial charge in [0.15, 0.2) is 0 Å². The van der Waals surface area contributed by atoms with Gasteiger partial charge in [0.05, 0.1) is 11.0 Å². The van der Waals surface area contributed by atoms with E-state index in [0.717, 1.165) is 11.0 Å². The lowest BCUT2D eigenvalue weighted by molar-refractivity contribution is 0.475. The highest BCUT2D eigenvalue weighted by Crippen LogP contribution is 2.22. The van der Waals surface area contributed by atoms with Crippen LogP contribution in [0.15, 0.2) is 54.9 Å². The Kier molecular flexibility index (Phi) is 4.17. The molecule has 0 aliphatic carbocycles. The van der Waals surface area contributed by atoms with Crippen molar-refractivity contribution >= 4 is 28.6 Å². The highest BCUT2D eigenvalue weighted by Gasteiger charge is 2.12. The third kappa shape index (κ3) is 3.05. The molecule has 8 nitrogen and oxygen atoms in total. The minimum absolute atomic E-state index is 0. The molecule has 0 aliphatic rings. The van der Waals surface area contributed by atoms with Gasteiger partial charge in [0.2, 0.25) is 17.8 Å². The number of phenolic OH excluding ortho intramolecular Hbond substituents is 1. The van der Waals surface area contributed by atoms with Gasteiger partial charge in [0, 0.05) is 11.8 Å². The zero-order valence-electron chi connectivity index (χ0n) is 12.5. The predicted octanol–water partition coefficient (Wildman–Crippen LogP) is 2.88. The van der Waals surface area contributed by atoms with Crippen molar-refractivity contribution < 1.29 is 5.11 Å². The first-order valence-electron chi connectivity index (χ1n) is 7.19. The Morgan fingerprint density at radius 1 is 1.00 bits per heavy atom. The van der Waals surface area contributed by atoms with Crippen molar-refractivity contribution in [2.24, 2.45) is 0 Å². The number of anilines is 3. The summed E-state index contributed by atoms with van der Waals surface area (Å²) >= 11 is 0. The number of rotatable bonds is 3. The number of benzene rings is 2. The van der Waals surface area contributed by atoms with Crippen molar-refractivity contribution in [3.8, 4) is 11.7 Å². The maximum Gasteiger partial charge on any atom is 0.241 e. The van der Waals surface area contributed by atoms with E-state index in [1.165, 1.54) is 6.33 Å². The molecule has 25 heavy (non-hydrogen) atoms. The van der Waals surface area contributed by atoms with Crippen LogP contribution in [0.3, 0.4) is 0 Å². The van der Waals surface area contributed by atoms with Crippen molar-refractivity contribution in [1.29, 1.82) is 0 Å². The molecular formula is C17H17N7O. The number of aromatic hydroxyl groups is 1. The van der Waals surface area contributed by atoms with Gasteiger partial charge in [-0.3, -0.25) is 0 Å². The van der Waals surface area contributed by atoms with Gasteiger partial charge in [-0.1, -0.05) is 25.6 Å². The number of hydrogen-bond acceptors (Lipinski definition) is 7. The average molecular weight is 335 g/mol. The number of phenols is 1. The number of hydrogen-bond donors (Lipinski definition) is 3. The Morgan fingerprint density at radius 2 is 1.84 bits per heavy atom. The smallest absolute Gasteiger partial charge is 0.241 e. The molecule has 0 bridgehead atoms. The lowest BCUT2D eigenvalue weighted by Gasteiger charge is -2.08. The van der Waals surface area contributed by atoms with Gasteiger partial charge in [0.1, 0.15) is 12.1 Å². The molecule has 2 heterocycles. The molecule has 8 heteroatoms. The summed E-state index contributed by atoms with van der Waals surface area (Å²) in [4.78, 5) is 17.0. The van der Waals surface area contributed by atoms with Crippen LogP contribution in [0, 0.1) is 0 Å². The van der Waals surface area contributed by atoms with Gasteiger partial charge in [-0.2, -0.15) is 4.98 Å². The third-order valence-electron chi connectivity index (χ3n) is 3.45. The fraction of sp³-hybridized carbons (Fsp3) is 0.0588. The van der Waals surface area contributed by atoms with Gasteiger partial charge in [-0.25, -0.2) is 19.5 Å². The van der Waals surface area contributed by atoms with Gasteiger partial charge >= 0.3 is 0 Å². The molecule has 126 valence electrons. The zero-order chi connectivity index (χ0) is 16.5. The number of imidazole rings is 1.